The summed E-state index contributed by atoms with van der Waals surface area (Å²) in [4.78, 5) is 14.1. The number of nitrogens with zero attached hydrogens (tertiary/aromatic N) is 1. The Morgan fingerprint density at radius 3 is 2.83 bits per heavy atom. The number of hydrogen-bond donors (Lipinski definition) is 0. The Bertz CT molecular complexity index is 338. The molecule has 3 unspecified atom stereocenters. The molecule has 0 bridgehead atoms. The molecule has 3 rings (SSSR count). The molecule has 0 aromatic carbocycles. The van der Waals surface area contributed by atoms with Crippen LogP contribution in [0, 0.1) is 17.8 Å². The van der Waals surface area contributed by atoms with Crippen LogP contribution in [0.3, 0.4) is 0 Å². The van der Waals surface area contributed by atoms with E-state index in [1.165, 1.54) is 0 Å². The van der Waals surface area contributed by atoms with E-state index in [2.05, 4.69) is 6.92 Å². The van der Waals surface area contributed by atoms with Gasteiger partial charge in [0.2, 0.25) is 5.91 Å². The largest absolute Gasteiger partial charge is 0.385 e. The van der Waals surface area contributed by atoms with Gasteiger partial charge in [0.25, 0.3) is 0 Å². The van der Waals surface area contributed by atoms with Gasteiger partial charge in [0.05, 0.1) is 13.1 Å². The first-order valence-electron chi connectivity index (χ1n) is 7.08. The first-order chi connectivity index (χ1) is 8.66. The molecule has 2 aliphatic heterocycles. The van der Waals surface area contributed by atoms with Crippen LogP contribution < -0.4 is 0 Å². The topological polar surface area (TPSA) is 38.8 Å². The van der Waals surface area contributed by atoms with Crippen LogP contribution in [-0.2, 0) is 14.3 Å². The number of carbonyl (C=O) groups excluding carboxylic acids is 1. The van der Waals surface area contributed by atoms with Crippen molar-refractivity contribution >= 4 is 5.91 Å². The number of rotatable bonds is 4. The molecule has 0 N–H and O–H groups in total. The first kappa shape index (κ1) is 12.4. The number of hydrogen-bond acceptors (Lipinski definition) is 3. The predicted molar refractivity (Wildman–Crippen MR) is 67.1 cm³/mol. The van der Waals surface area contributed by atoms with E-state index in [1.807, 2.05) is 4.90 Å². The molecule has 3 fully saturated rings. The second-order valence-electron chi connectivity index (χ2n) is 6.19. The molecule has 18 heavy (non-hydrogen) atoms. The Morgan fingerprint density at radius 2 is 2.22 bits per heavy atom. The molecule has 102 valence electrons. The standard InChI is InChI=1S/C14H23NO3/c1-10-7-12(10)13(16)15-8-14(9-15)11(3-5-17-2)4-6-18-14/h10-12H,3-9H2,1-2H3. The summed E-state index contributed by atoms with van der Waals surface area (Å²) in [7, 11) is 1.74. The third-order valence-corrected chi connectivity index (χ3v) is 4.93. The number of carbonyl (C=O) groups is 1. The molecule has 4 heteroatoms. The highest BCUT2D eigenvalue weighted by molar-refractivity contribution is 5.82. The zero-order valence-electron chi connectivity index (χ0n) is 11.4. The SMILES string of the molecule is COCCC1CCOC12CN(C(=O)C1CC1C)C2. The third-order valence-electron chi connectivity index (χ3n) is 4.93. The lowest BCUT2D eigenvalue weighted by Gasteiger charge is -2.50. The van der Waals surface area contributed by atoms with Crippen molar-refractivity contribution in [1.29, 1.82) is 0 Å². The number of likely N-dealkylation sites (tertiary alicyclic amines) is 1. The van der Waals surface area contributed by atoms with Gasteiger partial charge in [-0.25, -0.2) is 0 Å². The molecule has 1 spiro atoms. The van der Waals surface area contributed by atoms with Gasteiger partial charge in [-0.1, -0.05) is 6.92 Å². The fraction of sp³-hybridized carbons (Fsp3) is 0.929. The summed E-state index contributed by atoms with van der Waals surface area (Å²) >= 11 is 0. The molecule has 0 radical (unpaired) electrons. The van der Waals surface area contributed by atoms with Crippen molar-refractivity contribution in [2.45, 2.75) is 31.8 Å². The minimum atomic E-state index is -0.0354. The second kappa shape index (κ2) is 4.49. The normalized spacial score (nSPS) is 36.8. The Balaban J connectivity index is 1.54. The van der Waals surface area contributed by atoms with Crippen LogP contribution in [0.25, 0.3) is 0 Å². The van der Waals surface area contributed by atoms with Crippen molar-refractivity contribution in [2.75, 3.05) is 33.4 Å². The summed E-state index contributed by atoms with van der Waals surface area (Å²) in [6, 6.07) is 0. The lowest BCUT2D eigenvalue weighted by Crippen LogP contribution is -2.66. The molecule has 3 atom stereocenters. The lowest BCUT2D eigenvalue weighted by molar-refractivity contribution is -0.167. The van der Waals surface area contributed by atoms with Crippen molar-refractivity contribution in [3.63, 3.8) is 0 Å². The zero-order chi connectivity index (χ0) is 12.8. The summed E-state index contributed by atoms with van der Waals surface area (Å²) < 4.78 is 11.1. The minimum absolute atomic E-state index is 0.0354. The van der Waals surface area contributed by atoms with Crippen molar-refractivity contribution in [3.05, 3.63) is 0 Å². The van der Waals surface area contributed by atoms with Gasteiger partial charge in [-0.15, -0.1) is 0 Å². The Morgan fingerprint density at radius 1 is 1.50 bits per heavy atom. The third kappa shape index (κ3) is 1.95. The highest BCUT2D eigenvalue weighted by Gasteiger charge is 2.56. The Kier molecular flexibility index (Phi) is 3.10. The monoisotopic (exact) mass is 253 g/mol. The van der Waals surface area contributed by atoms with E-state index in [0.717, 1.165) is 45.6 Å². The van der Waals surface area contributed by atoms with Crippen LogP contribution in [0.1, 0.15) is 26.2 Å². The minimum Gasteiger partial charge on any atom is -0.385 e. The van der Waals surface area contributed by atoms with Crippen LogP contribution in [0.4, 0.5) is 0 Å². The molecule has 1 aliphatic carbocycles. The maximum Gasteiger partial charge on any atom is 0.226 e. The smallest absolute Gasteiger partial charge is 0.226 e. The van der Waals surface area contributed by atoms with Crippen LogP contribution >= 0.6 is 0 Å². The fourth-order valence-corrected chi connectivity index (χ4v) is 3.46. The van der Waals surface area contributed by atoms with Crippen molar-refractivity contribution in [3.8, 4) is 0 Å². The Hall–Kier alpha value is -0.610. The quantitative estimate of drug-likeness (QED) is 0.758. The molecule has 4 nitrogen and oxygen atoms in total. The van der Waals surface area contributed by atoms with Gasteiger partial charge in [0, 0.05) is 26.2 Å². The van der Waals surface area contributed by atoms with Gasteiger partial charge in [-0.05, 0) is 31.1 Å². The van der Waals surface area contributed by atoms with E-state index in [9.17, 15) is 4.79 Å². The predicted octanol–water partition coefficient (Wildman–Crippen LogP) is 1.30. The molecule has 2 heterocycles. The van der Waals surface area contributed by atoms with Crippen molar-refractivity contribution in [1.82, 2.24) is 4.90 Å². The molecule has 3 aliphatic rings. The van der Waals surface area contributed by atoms with E-state index in [1.54, 1.807) is 7.11 Å². The Labute approximate surface area is 109 Å². The zero-order valence-corrected chi connectivity index (χ0v) is 11.4. The highest BCUT2D eigenvalue weighted by Crippen LogP contribution is 2.45. The fourth-order valence-electron chi connectivity index (χ4n) is 3.46. The van der Waals surface area contributed by atoms with E-state index < -0.39 is 0 Å². The maximum atomic E-state index is 12.1. The number of ether oxygens (including phenoxy) is 2. The summed E-state index contributed by atoms with van der Waals surface area (Å²) in [5, 5.41) is 0. The summed E-state index contributed by atoms with van der Waals surface area (Å²) in [5.41, 5.74) is -0.0354. The molecule has 2 saturated heterocycles. The second-order valence-corrected chi connectivity index (χ2v) is 6.19. The average molecular weight is 253 g/mol. The van der Waals surface area contributed by atoms with Crippen molar-refractivity contribution < 1.29 is 14.3 Å². The average Bonchev–Trinajstić information content (AvgIpc) is 2.89. The summed E-state index contributed by atoms with van der Waals surface area (Å²) in [6.07, 6.45) is 3.25. The van der Waals surface area contributed by atoms with Gasteiger partial charge < -0.3 is 14.4 Å². The molecular weight excluding hydrogens is 230 g/mol. The van der Waals surface area contributed by atoms with Crippen molar-refractivity contribution in [2.24, 2.45) is 17.8 Å². The molecular formula is C14H23NO3. The first-order valence-corrected chi connectivity index (χ1v) is 7.08. The van der Waals surface area contributed by atoms with Gasteiger partial charge in [0.1, 0.15) is 5.60 Å². The molecule has 1 saturated carbocycles. The van der Waals surface area contributed by atoms with Gasteiger partial charge in [-0.2, -0.15) is 0 Å². The van der Waals surface area contributed by atoms with E-state index in [-0.39, 0.29) is 5.60 Å². The number of amides is 1. The van der Waals surface area contributed by atoms with Gasteiger partial charge >= 0.3 is 0 Å². The van der Waals surface area contributed by atoms with E-state index >= 15 is 0 Å². The number of methoxy groups -OCH3 is 1. The van der Waals surface area contributed by atoms with Gasteiger partial charge in [0.15, 0.2) is 0 Å². The van der Waals surface area contributed by atoms with Gasteiger partial charge in [-0.3, -0.25) is 4.79 Å². The lowest BCUT2D eigenvalue weighted by atomic mass is 9.79. The van der Waals surface area contributed by atoms with E-state index in [0.29, 0.717) is 23.7 Å². The van der Waals surface area contributed by atoms with Crippen LogP contribution in [0.2, 0.25) is 0 Å². The van der Waals surface area contributed by atoms with E-state index in [4.69, 9.17) is 9.47 Å². The highest BCUT2D eigenvalue weighted by atomic mass is 16.5. The molecule has 0 aromatic heterocycles. The maximum absolute atomic E-state index is 12.1. The van der Waals surface area contributed by atoms with Crippen LogP contribution in [0.15, 0.2) is 0 Å². The van der Waals surface area contributed by atoms with Crippen LogP contribution in [-0.4, -0.2) is 49.8 Å². The van der Waals surface area contributed by atoms with Crippen LogP contribution in [0.5, 0.6) is 0 Å². The summed E-state index contributed by atoms with van der Waals surface area (Å²) in [6.45, 7) is 5.41. The molecule has 1 amide bonds. The summed E-state index contributed by atoms with van der Waals surface area (Å²) in [5.74, 6) is 1.83. The molecule has 0 aromatic rings.